The van der Waals surface area contributed by atoms with Crippen LogP contribution in [0.1, 0.15) is 66.2 Å². The molecule has 6 nitrogen and oxygen atoms in total. The van der Waals surface area contributed by atoms with Crippen molar-refractivity contribution in [2.75, 3.05) is 41.2 Å². The van der Waals surface area contributed by atoms with Crippen molar-refractivity contribution in [2.24, 2.45) is 0 Å². The second-order valence-electron chi connectivity index (χ2n) is 7.11. The molecule has 0 aromatic heterocycles. The number of hydrogen-bond donors (Lipinski definition) is 0. The van der Waals surface area contributed by atoms with Crippen molar-refractivity contribution in [1.29, 1.82) is 0 Å². The van der Waals surface area contributed by atoms with E-state index in [4.69, 9.17) is 27.2 Å². The second-order valence-corrected chi connectivity index (χ2v) is 11.5. The SMILES string of the molecule is CCCCCCCC[Si](OCC)(OCC)OCC.CO[SiH2]c1cc(OC)ccc1OC. The summed E-state index contributed by atoms with van der Waals surface area (Å²) in [6.45, 7) is 10.3. The van der Waals surface area contributed by atoms with Crippen molar-refractivity contribution < 1.29 is 27.2 Å². The molecule has 0 bridgehead atoms. The van der Waals surface area contributed by atoms with Gasteiger partial charge in [0.05, 0.1) is 14.2 Å². The minimum atomic E-state index is -2.36. The lowest BCUT2D eigenvalue weighted by atomic mass is 10.1. The van der Waals surface area contributed by atoms with Gasteiger partial charge in [0.2, 0.25) is 0 Å². The lowest BCUT2D eigenvalue weighted by molar-refractivity contribution is 0.0706. The summed E-state index contributed by atoms with van der Waals surface area (Å²) in [4.78, 5) is 0. The molecule has 0 aliphatic rings. The average Bonchev–Trinajstić information content (AvgIpc) is 2.77. The van der Waals surface area contributed by atoms with Gasteiger partial charge >= 0.3 is 8.80 Å². The van der Waals surface area contributed by atoms with Crippen LogP contribution in [-0.2, 0) is 17.7 Å². The zero-order chi connectivity index (χ0) is 23.4. The Balaban J connectivity index is 0.000000609. The Bertz CT molecular complexity index is 528. The van der Waals surface area contributed by atoms with Crippen molar-refractivity contribution in [2.45, 2.75) is 72.3 Å². The highest BCUT2D eigenvalue weighted by molar-refractivity contribution is 6.60. The summed E-state index contributed by atoms with van der Waals surface area (Å²) in [7, 11) is 1.99. The van der Waals surface area contributed by atoms with Gasteiger partial charge in [-0.3, -0.25) is 0 Å². The molecule has 1 aromatic carbocycles. The highest BCUT2D eigenvalue weighted by Crippen LogP contribution is 2.20. The van der Waals surface area contributed by atoms with Crippen molar-refractivity contribution in [3.63, 3.8) is 0 Å². The molecule has 0 atom stereocenters. The highest BCUT2D eigenvalue weighted by Gasteiger charge is 2.39. The smallest absolute Gasteiger partial charge is 0.497 e. The molecule has 0 radical (unpaired) electrons. The molecule has 0 heterocycles. The van der Waals surface area contributed by atoms with Gasteiger partial charge in [0.25, 0.3) is 0 Å². The Hall–Kier alpha value is -0.906. The molecule has 0 unspecified atom stereocenters. The monoisotopic (exact) mass is 474 g/mol. The van der Waals surface area contributed by atoms with Crippen LogP contribution in [0.2, 0.25) is 6.04 Å². The standard InChI is InChI=1S/C14H32O3Si.C9H14O3Si/c1-5-9-10-11-12-13-14-18(15-6-2,16-7-3)17-8-4;1-10-7-4-5-8(11-2)9(6-7)13-12-3/h5-14H2,1-4H3;4-6H,13H2,1-3H3. The van der Waals surface area contributed by atoms with E-state index in [1.807, 2.05) is 39.0 Å². The zero-order valence-corrected chi connectivity index (χ0v) is 23.4. The molecule has 0 aliphatic carbocycles. The number of unbranched alkanes of at least 4 members (excludes halogenated alkanes) is 5. The van der Waals surface area contributed by atoms with Gasteiger partial charge in [-0.05, 0) is 45.4 Å². The van der Waals surface area contributed by atoms with Crippen molar-refractivity contribution in [3.8, 4) is 11.5 Å². The molecule has 8 heteroatoms. The quantitative estimate of drug-likeness (QED) is 0.245. The van der Waals surface area contributed by atoms with E-state index in [1.165, 1.54) is 32.1 Å². The Labute approximate surface area is 194 Å². The summed E-state index contributed by atoms with van der Waals surface area (Å²) in [6, 6.07) is 6.72. The Morgan fingerprint density at radius 2 is 1.32 bits per heavy atom. The maximum atomic E-state index is 5.83. The molecule has 0 saturated heterocycles. The third kappa shape index (κ3) is 13.3. The fourth-order valence-electron chi connectivity index (χ4n) is 3.27. The van der Waals surface area contributed by atoms with Gasteiger partial charge in [-0.2, -0.15) is 0 Å². The molecule has 1 rings (SSSR count). The first-order chi connectivity index (χ1) is 15.1. The maximum absolute atomic E-state index is 5.83. The van der Waals surface area contributed by atoms with Crippen LogP contribution >= 0.6 is 0 Å². The van der Waals surface area contributed by atoms with Gasteiger partial charge in [-0.15, -0.1) is 0 Å². The second kappa shape index (κ2) is 19.8. The minimum Gasteiger partial charge on any atom is -0.497 e. The van der Waals surface area contributed by atoms with Crippen LogP contribution < -0.4 is 14.7 Å². The van der Waals surface area contributed by atoms with E-state index in [1.54, 1.807) is 21.3 Å². The summed E-state index contributed by atoms with van der Waals surface area (Å²) in [6.07, 6.45) is 7.75. The predicted octanol–water partition coefficient (Wildman–Crippen LogP) is 4.45. The van der Waals surface area contributed by atoms with E-state index >= 15 is 0 Å². The third-order valence-corrected chi connectivity index (χ3v) is 9.02. The molecule has 182 valence electrons. The van der Waals surface area contributed by atoms with Gasteiger partial charge in [-0.1, -0.05) is 39.0 Å². The van der Waals surface area contributed by atoms with Crippen LogP contribution in [0.25, 0.3) is 0 Å². The van der Waals surface area contributed by atoms with E-state index in [0.29, 0.717) is 19.8 Å². The topological polar surface area (TPSA) is 55.4 Å². The molecule has 0 saturated carbocycles. The summed E-state index contributed by atoms with van der Waals surface area (Å²) in [5.41, 5.74) is 0. The number of ether oxygens (including phenoxy) is 2. The number of benzene rings is 1. The van der Waals surface area contributed by atoms with Crippen LogP contribution in [0.5, 0.6) is 11.5 Å². The van der Waals surface area contributed by atoms with Crippen LogP contribution in [0.4, 0.5) is 0 Å². The molecule has 0 fully saturated rings. The first kappa shape index (κ1) is 30.1. The third-order valence-electron chi connectivity index (χ3n) is 4.72. The number of methoxy groups -OCH3 is 2. The predicted molar refractivity (Wildman–Crippen MR) is 134 cm³/mol. The normalized spacial score (nSPS) is 11.5. The molecule has 31 heavy (non-hydrogen) atoms. The number of hydrogen-bond acceptors (Lipinski definition) is 6. The molecular weight excluding hydrogens is 428 g/mol. The van der Waals surface area contributed by atoms with Gasteiger partial charge in [0, 0.05) is 38.2 Å². The average molecular weight is 475 g/mol. The summed E-state index contributed by atoms with van der Waals surface area (Å²) in [5.74, 6) is 1.73. The van der Waals surface area contributed by atoms with Gasteiger partial charge in [0.15, 0.2) is 9.76 Å². The van der Waals surface area contributed by atoms with Crippen LogP contribution in [-0.4, -0.2) is 59.7 Å². The maximum Gasteiger partial charge on any atom is 0.500 e. The van der Waals surface area contributed by atoms with Crippen LogP contribution in [0.15, 0.2) is 18.2 Å². The zero-order valence-electron chi connectivity index (χ0n) is 21.0. The molecular formula is C23H46O6Si2. The van der Waals surface area contributed by atoms with Gasteiger partial charge < -0.3 is 27.2 Å². The van der Waals surface area contributed by atoms with Crippen molar-refractivity contribution in [3.05, 3.63) is 18.2 Å². The number of rotatable bonds is 17. The summed E-state index contributed by atoms with van der Waals surface area (Å²) >= 11 is 0. The van der Waals surface area contributed by atoms with E-state index in [-0.39, 0.29) is 0 Å². The highest BCUT2D eigenvalue weighted by atomic mass is 28.4. The Kier molecular flexibility index (Phi) is 19.2. The van der Waals surface area contributed by atoms with Gasteiger partial charge in [-0.25, -0.2) is 0 Å². The van der Waals surface area contributed by atoms with Crippen LogP contribution in [0.3, 0.4) is 0 Å². The molecule has 0 amide bonds. The van der Waals surface area contributed by atoms with E-state index in [2.05, 4.69) is 6.92 Å². The van der Waals surface area contributed by atoms with Crippen LogP contribution in [0, 0.1) is 0 Å². The molecule has 0 aliphatic heterocycles. The van der Waals surface area contributed by atoms with E-state index < -0.39 is 18.6 Å². The fraction of sp³-hybridized carbons (Fsp3) is 0.739. The first-order valence-corrected chi connectivity index (χ1v) is 14.9. The molecule has 0 N–H and O–H groups in total. The van der Waals surface area contributed by atoms with Crippen molar-refractivity contribution >= 4 is 23.8 Å². The molecule has 0 spiro atoms. The lowest BCUT2D eigenvalue weighted by Gasteiger charge is -2.28. The Morgan fingerprint density at radius 1 is 0.742 bits per heavy atom. The van der Waals surface area contributed by atoms with E-state index in [0.717, 1.165) is 29.2 Å². The largest absolute Gasteiger partial charge is 0.500 e. The van der Waals surface area contributed by atoms with Crippen molar-refractivity contribution in [1.82, 2.24) is 0 Å². The summed E-state index contributed by atoms with van der Waals surface area (Å²) in [5, 5.41) is 1.13. The van der Waals surface area contributed by atoms with Gasteiger partial charge in [0.1, 0.15) is 11.5 Å². The first-order valence-electron chi connectivity index (χ1n) is 11.7. The Morgan fingerprint density at radius 3 is 1.81 bits per heavy atom. The minimum absolute atomic E-state index is 0.677. The summed E-state index contributed by atoms with van der Waals surface area (Å²) < 4.78 is 33.0. The fourth-order valence-corrected chi connectivity index (χ4v) is 6.96. The lowest BCUT2D eigenvalue weighted by Crippen LogP contribution is -2.45. The molecule has 1 aromatic rings. The van der Waals surface area contributed by atoms with E-state index in [9.17, 15) is 0 Å².